The van der Waals surface area contributed by atoms with Crippen molar-refractivity contribution in [2.45, 2.75) is 4.90 Å². The van der Waals surface area contributed by atoms with E-state index in [-0.39, 0.29) is 0 Å². The summed E-state index contributed by atoms with van der Waals surface area (Å²) in [7, 11) is -0.660. The van der Waals surface area contributed by atoms with Crippen LogP contribution >= 0.6 is 0 Å². The van der Waals surface area contributed by atoms with Gasteiger partial charge in [-0.3, -0.25) is 8.93 Å². The molecule has 0 radical (unpaired) electrons. The maximum absolute atomic E-state index is 11.7. The fourth-order valence-corrected chi connectivity index (χ4v) is 1.86. The van der Waals surface area contributed by atoms with Crippen molar-refractivity contribution in [2.24, 2.45) is 0 Å². The zero-order chi connectivity index (χ0) is 9.19. The van der Waals surface area contributed by atoms with E-state index in [1.54, 1.807) is 37.6 Å². The Morgan fingerprint density at radius 3 is 2.25 bits per heavy atom. The van der Waals surface area contributed by atoms with Gasteiger partial charge in [-0.1, -0.05) is 0 Å². The van der Waals surface area contributed by atoms with Crippen LogP contribution in [0.25, 0.3) is 0 Å². The van der Waals surface area contributed by atoms with Crippen molar-refractivity contribution in [2.75, 3.05) is 19.0 Å². The Bertz CT molecular complexity index is 307. The first kappa shape index (κ1) is 9.22. The van der Waals surface area contributed by atoms with Crippen LogP contribution in [0.15, 0.2) is 29.2 Å². The molecule has 1 aromatic rings. The van der Waals surface area contributed by atoms with E-state index in [4.69, 9.17) is 5.73 Å². The first-order chi connectivity index (χ1) is 5.56. The lowest BCUT2D eigenvalue weighted by molar-refractivity contribution is 0.668. The zero-order valence-electron chi connectivity index (χ0n) is 7.24. The van der Waals surface area contributed by atoms with Crippen molar-refractivity contribution >= 4 is 15.8 Å². The topological polar surface area (TPSA) is 55.1 Å². The molecule has 3 nitrogen and oxygen atoms in total. The Morgan fingerprint density at radius 2 is 1.83 bits per heavy atom. The van der Waals surface area contributed by atoms with Gasteiger partial charge in [0, 0.05) is 16.8 Å². The molecule has 0 bridgehead atoms. The highest BCUT2D eigenvalue weighted by atomic mass is 32.3. The molecule has 0 aromatic heterocycles. The molecule has 0 aliphatic rings. The highest BCUT2D eigenvalue weighted by molar-refractivity contribution is 8.00. The average molecular weight is 186 g/mol. The van der Waals surface area contributed by atoms with Crippen LogP contribution in [0.2, 0.25) is 0 Å². The van der Waals surface area contributed by atoms with E-state index in [9.17, 15) is 4.21 Å². The van der Waals surface area contributed by atoms with E-state index in [1.807, 2.05) is 0 Å². The van der Waals surface area contributed by atoms with Gasteiger partial charge in [-0.2, -0.15) is 0 Å². The van der Waals surface area contributed by atoms with Crippen LogP contribution in [0.1, 0.15) is 0 Å². The third-order valence-electron chi connectivity index (χ3n) is 1.81. The van der Waals surface area contributed by atoms with Gasteiger partial charge in [0.15, 0.2) is 0 Å². The fraction of sp³-hybridized carbons (Fsp3) is 0.250. The maximum Gasteiger partial charge on any atom is 0.0314 e. The van der Waals surface area contributed by atoms with Crippen molar-refractivity contribution in [3.05, 3.63) is 24.3 Å². The lowest BCUT2D eigenvalue weighted by atomic mass is 10.3. The van der Waals surface area contributed by atoms with E-state index >= 15 is 0 Å². The van der Waals surface area contributed by atoms with Crippen molar-refractivity contribution in [1.82, 2.24) is 4.72 Å². The Labute approximate surface area is 73.5 Å². The normalized spacial score (nSPS) is 12.8. The molecule has 4 heteroatoms. The van der Waals surface area contributed by atoms with Gasteiger partial charge in [0.25, 0.3) is 0 Å². The molecule has 1 aromatic carbocycles. The minimum atomic E-state index is -2.35. The first-order valence-electron chi connectivity index (χ1n) is 3.69. The molecule has 12 heavy (non-hydrogen) atoms. The summed E-state index contributed by atoms with van der Waals surface area (Å²) in [6.07, 6.45) is 1.69. The number of nitrogen functional groups attached to an aromatic ring is 1. The Morgan fingerprint density at radius 1 is 1.33 bits per heavy atom. The minimum absolute atomic E-state index is 0.690. The van der Waals surface area contributed by atoms with Gasteiger partial charge in [-0.25, -0.2) is 0 Å². The van der Waals surface area contributed by atoms with E-state index in [2.05, 4.69) is 4.72 Å². The molecule has 0 heterocycles. The molecule has 0 spiro atoms. The number of nitrogens with two attached hydrogens (primary N) is 1. The molecule has 0 amide bonds. The second kappa shape index (κ2) is 3.25. The Kier molecular flexibility index (Phi) is 2.49. The largest absolute Gasteiger partial charge is 0.399 e. The lowest BCUT2D eigenvalue weighted by Crippen LogP contribution is -2.25. The SMILES string of the molecule is CN[SH](C)(=O)c1ccc(N)cc1. The second-order valence-corrected chi connectivity index (χ2v) is 5.55. The maximum atomic E-state index is 11.7. The number of benzene rings is 1. The van der Waals surface area contributed by atoms with E-state index in [1.165, 1.54) is 0 Å². The van der Waals surface area contributed by atoms with Crippen molar-refractivity contribution in [3.63, 3.8) is 0 Å². The Balaban J connectivity index is 3.05. The van der Waals surface area contributed by atoms with Gasteiger partial charge >= 0.3 is 0 Å². The summed E-state index contributed by atoms with van der Waals surface area (Å²) in [5.41, 5.74) is 6.19. The molecular formula is C8H14N2OS. The van der Waals surface area contributed by atoms with Crippen LogP contribution < -0.4 is 10.5 Å². The number of hydrogen-bond acceptors (Lipinski definition) is 2. The van der Waals surface area contributed by atoms with Crippen LogP contribution in [-0.2, 0) is 10.1 Å². The van der Waals surface area contributed by atoms with Gasteiger partial charge < -0.3 is 5.73 Å². The van der Waals surface area contributed by atoms with Gasteiger partial charge in [-0.05, 0) is 41.4 Å². The molecule has 3 N–H and O–H groups in total. The van der Waals surface area contributed by atoms with E-state index in [0.29, 0.717) is 5.69 Å². The molecule has 0 atom stereocenters. The minimum Gasteiger partial charge on any atom is -0.399 e. The molecule has 68 valence electrons. The van der Waals surface area contributed by atoms with Gasteiger partial charge in [-0.15, -0.1) is 0 Å². The van der Waals surface area contributed by atoms with Gasteiger partial charge in [0.05, 0.1) is 0 Å². The molecule has 0 aliphatic heterocycles. The summed E-state index contributed by atoms with van der Waals surface area (Å²) >= 11 is 0. The van der Waals surface area contributed by atoms with Crippen molar-refractivity contribution < 1.29 is 4.21 Å². The smallest absolute Gasteiger partial charge is 0.0314 e. The van der Waals surface area contributed by atoms with Crippen molar-refractivity contribution in [1.29, 1.82) is 0 Å². The molecule has 0 aliphatic carbocycles. The van der Waals surface area contributed by atoms with E-state index < -0.39 is 10.1 Å². The van der Waals surface area contributed by atoms with Crippen LogP contribution in [0.4, 0.5) is 5.69 Å². The third kappa shape index (κ3) is 1.84. The third-order valence-corrected chi connectivity index (χ3v) is 3.95. The molecule has 0 saturated heterocycles. The predicted octanol–water partition coefficient (Wildman–Crippen LogP) is 0.409. The quantitative estimate of drug-likeness (QED) is 0.463. The summed E-state index contributed by atoms with van der Waals surface area (Å²) in [5, 5.41) is 0. The monoisotopic (exact) mass is 186 g/mol. The van der Waals surface area contributed by atoms with Gasteiger partial charge in [0.1, 0.15) is 0 Å². The number of thiol groups is 1. The highest BCUT2D eigenvalue weighted by Gasteiger charge is 2.06. The summed E-state index contributed by atoms with van der Waals surface area (Å²) in [6.45, 7) is 0. The Hall–Kier alpha value is -0.870. The summed E-state index contributed by atoms with van der Waals surface area (Å²) < 4.78 is 14.5. The molecule has 0 saturated carbocycles. The van der Waals surface area contributed by atoms with E-state index in [0.717, 1.165) is 4.90 Å². The lowest BCUT2D eigenvalue weighted by Gasteiger charge is -2.17. The first-order valence-corrected chi connectivity index (χ1v) is 5.84. The zero-order valence-corrected chi connectivity index (χ0v) is 8.14. The van der Waals surface area contributed by atoms with Crippen LogP contribution in [0.3, 0.4) is 0 Å². The van der Waals surface area contributed by atoms with Crippen LogP contribution in [0.5, 0.6) is 0 Å². The molecule has 1 rings (SSSR count). The number of anilines is 1. The van der Waals surface area contributed by atoms with Crippen molar-refractivity contribution in [3.8, 4) is 0 Å². The summed E-state index contributed by atoms with van der Waals surface area (Å²) in [4.78, 5) is 0.805. The number of rotatable bonds is 2. The second-order valence-electron chi connectivity index (χ2n) is 2.74. The summed E-state index contributed by atoms with van der Waals surface area (Å²) in [6, 6.07) is 7.07. The van der Waals surface area contributed by atoms with Crippen LogP contribution in [0, 0.1) is 0 Å². The average Bonchev–Trinajstić information content (AvgIpc) is 2.05. The molecular weight excluding hydrogens is 172 g/mol. The highest BCUT2D eigenvalue weighted by Crippen LogP contribution is 2.14. The van der Waals surface area contributed by atoms with Gasteiger partial charge in [0.2, 0.25) is 0 Å². The predicted molar refractivity (Wildman–Crippen MR) is 53.6 cm³/mol. The fourth-order valence-electron chi connectivity index (χ4n) is 0.888. The summed E-state index contributed by atoms with van der Waals surface area (Å²) in [5.74, 6) is 0. The standard InChI is InChI=1S/C8H14N2OS/c1-10-12(2,11)8-5-3-7(9)4-6-8/h3-6,12H,9H2,1-2H3,(H,10,11). The number of nitrogens with one attached hydrogen (secondary N) is 1. The number of hydrogen-bond donors (Lipinski definition) is 3. The van der Waals surface area contributed by atoms with Crippen LogP contribution in [-0.4, -0.2) is 17.5 Å². The molecule has 0 unspecified atom stereocenters. The molecule has 0 fully saturated rings.